The Morgan fingerprint density at radius 1 is 1.16 bits per heavy atom. The first kappa shape index (κ1) is 24.1. The number of hydrogen-bond donors (Lipinski definition) is 1. The van der Waals surface area contributed by atoms with Gasteiger partial charge < -0.3 is 24.4 Å². The third-order valence-corrected chi connectivity index (χ3v) is 5.60. The van der Waals surface area contributed by atoms with Crippen LogP contribution in [0.25, 0.3) is 0 Å². The molecule has 0 bridgehead atoms. The Kier molecular flexibility index (Phi) is 8.53. The maximum Gasteiger partial charge on any atom is 0.340 e. The van der Waals surface area contributed by atoms with E-state index in [-0.39, 0.29) is 12.5 Å². The van der Waals surface area contributed by atoms with Gasteiger partial charge in [0.15, 0.2) is 6.61 Å². The van der Waals surface area contributed by atoms with Crippen LogP contribution in [0.15, 0.2) is 34.8 Å². The van der Waals surface area contributed by atoms with Crippen molar-refractivity contribution < 1.29 is 23.8 Å². The van der Waals surface area contributed by atoms with E-state index in [0.717, 1.165) is 27.7 Å². The molecule has 0 spiro atoms. The van der Waals surface area contributed by atoms with Crippen molar-refractivity contribution in [3.63, 3.8) is 0 Å². The normalized spacial score (nSPS) is 13.6. The molecular formula is C24H29BrN2O5. The molecule has 1 fully saturated rings. The number of esters is 1. The molecule has 1 N–H and O–H groups in total. The van der Waals surface area contributed by atoms with Gasteiger partial charge in [0.2, 0.25) is 0 Å². The number of ether oxygens (including phenoxy) is 3. The third-order valence-electron chi connectivity index (χ3n) is 5.01. The minimum absolute atomic E-state index is 0.149. The van der Waals surface area contributed by atoms with Crippen molar-refractivity contribution in [1.29, 1.82) is 0 Å². The van der Waals surface area contributed by atoms with Gasteiger partial charge in [0.05, 0.1) is 35.5 Å². The van der Waals surface area contributed by atoms with Gasteiger partial charge in [0.1, 0.15) is 5.75 Å². The van der Waals surface area contributed by atoms with Gasteiger partial charge >= 0.3 is 5.97 Å². The van der Waals surface area contributed by atoms with Crippen LogP contribution in [0.4, 0.5) is 11.4 Å². The second-order valence-corrected chi connectivity index (χ2v) is 8.55. The summed E-state index contributed by atoms with van der Waals surface area (Å²) >= 11 is 3.49. The van der Waals surface area contributed by atoms with Crippen LogP contribution in [0, 0.1) is 13.8 Å². The summed E-state index contributed by atoms with van der Waals surface area (Å²) in [6.07, 6.45) is 0.736. The predicted octanol–water partition coefficient (Wildman–Crippen LogP) is 4.49. The number of nitrogens with zero attached hydrogens (tertiary/aromatic N) is 1. The second-order valence-electron chi connectivity index (χ2n) is 7.70. The summed E-state index contributed by atoms with van der Waals surface area (Å²) < 4.78 is 17.3. The van der Waals surface area contributed by atoms with E-state index < -0.39 is 5.97 Å². The number of hydrogen-bond acceptors (Lipinski definition) is 6. The minimum atomic E-state index is -0.403. The van der Waals surface area contributed by atoms with Gasteiger partial charge in [-0.25, -0.2) is 4.79 Å². The first-order valence-electron chi connectivity index (χ1n) is 10.7. The summed E-state index contributed by atoms with van der Waals surface area (Å²) in [5, 5.41) is 2.81. The Morgan fingerprint density at radius 2 is 1.91 bits per heavy atom. The molecule has 172 valence electrons. The Bertz CT molecular complexity index is 950. The van der Waals surface area contributed by atoms with Gasteiger partial charge in [0.25, 0.3) is 5.91 Å². The number of benzene rings is 2. The Hall–Kier alpha value is -2.58. The summed E-state index contributed by atoms with van der Waals surface area (Å²) in [7, 11) is 0. The number of anilines is 2. The van der Waals surface area contributed by atoms with E-state index in [2.05, 4.69) is 26.1 Å². The lowest BCUT2D eigenvalue weighted by Gasteiger charge is -2.30. The molecule has 7 nitrogen and oxygen atoms in total. The van der Waals surface area contributed by atoms with Crippen LogP contribution < -0.4 is 15.0 Å². The summed E-state index contributed by atoms with van der Waals surface area (Å²) in [5.41, 5.74) is 3.77. The summed E-state index contributed by atoms with van der Waals surface area (Å²) in [6, 6.07) is 9.22. The van der Waals surface area contributed by atoms with E-state index in [1.54, 1.807) is 12.1 Å². The number of carbonyl (C=O) groups is 2. The zero-order valence-electron chi connectivity index (χ0n) is 18.7. The van der Waals surface area contributed by atoms with Gasteiger partial charge in [-0.05, 0) is 71.6 Å². The molecule has 0 unspecified atom stereocenters. The number of morpholine rings is 1. The van der Waals surface area contributed by atoms with Gasteiger partial charge in [-0.1, -0.05) is 13.0 Å². The van der Waals surface area contributed by atoms with Crippen LogP contribution >= 0.6 is 15.9 Å². The van der Waals surface area contributed by atoms with E-state index >= 15 is 0 Å². The highest BCUT2D eigenvalue weighted by Gasteiger charge is 2.21. The zero-order chi connectivity index (χ0) is 23.1. The largest absolute Gasteiger partial charge is 0.482 e. The van der Waals surface area contributed by atoms with Crippen molar-refractivity contribution in [3.05, 3.63) is 51.5 Å². The zero-order valence-corrected chi connectivity index (χ0v) is 20.3. The number of nitrogens with one attached hydrogen (secondary N) is 1. The first-order valence-corrected chi connectivity index (χ1v) is 11.5. The van der Waals surface area contributed by atoms with E-state index in [1.807, 2.05) is 39.0 Å². The van der Waals surface area contributed by atoms with Crippen LogP contribution in [-0.2, 0) is 14.3 Å². The highest BCUT2D eigenvalue weighted by atomic mass is 79.9. The Morgan fingerprint density at radius 3 is 2.59 bits per heavy atom. The van der Waals surface area contributed by atoms with Gasteiger partial charge in [0, 0.05) is 18.8 Å². The molecule has 1 aliphatic heterocycles. The third kappa shape index (κ3) is 6.23. The van der Waals surface area contributed by atoms with Crippen molar-refractivity contribution in [2.75, 3.05) is 49.7 Å². The van der Waals surface area contributed by atoms with Crippen molar-refractivity contribution in [2.24, 2.45) is 0 Å². The fourth-order valence-electron chi connectivity index (χ4n) is 3.55. The molecule has 1 heterocycles. The predicted molar refractivity (Wildman–Crippen MR) is 128 cm³/mol. The van der Waals surface area contributed by atoms with Crippen LogP contribution in [0.3, 0.4) is 0 Å². The number of halogens is 1. The SMILES string of the molecule is CCCOC(=O)c1cc(NC(=O)COc2c(C)cc(C)cc2Br)ccc1N1CCOCC1. The molecule has 32 heavy (non-hydrogen) atoms. The Balaban J connectivity index is 1.72. The van der Waals surface area contributed by atoms with Crippen molar-refractivity contribution in [3.8, 4) is 5.75 Å². The monoisotopic (exact) mass is 504 g/mol. The molecule has 0 aromatic heterocycles. The van der Waals surface area contributed by atoms with Crippen LogP contribution in [0.2, 0.25) is 0 Å². The van der Waals surface area contributed by atoms with Crippen molar-refractivity contribution in [1.82, 2.24) is 0 Å². The lowest BCUT2D eigenvalue weighted by molar-refractivity contribution is -0.118. The van der Waals surface area contributed by atoms with Crippen molar-refractivity contribution >= 4 is 39.2 Å². The average Bonchev–Trinajstić information content (AvgIpc) is 2.77. The molecule has 2 aromatic carbocycles. The second kappa shape index (κ2) is 11.3. The number of aryl methyl sites for hydroxylation is 2. The molecule has 0 atom stereocenters. The molecule has 0 aliphatic carbocycles. The molecule has 8 heteroatoms. The Labute approximate surface area is 197 Å². The average molecular weight is 505 g/mol. The lowest BCUT2D eigenvalue weighted by Crippen LogP contribution is -2.37. The number of rotatable bonds is 8. The topological polar surface area (TPSA) is 77.1 Å². The van der Waals surface area contributed by atoms with E-state index in [1.165, 1.54) is 0 Å². The summed E-state index contributed by atoms with van der Waals surface area (Å²) in [5.74, 6) is -0.0824. The lowest BCUT2D eigenvalue weighted by atomic mass is 10.1. The fraction of sp³-hybridized carbons (Fsp3) is 0.417. The first-order chi connectivity index (χ1) is 15.4. The molecule has 1 saturated heterocycles. The van der Waals surface area contributed by atoms with Crippen LogP contribution in [0.5, 0.6) is 5.75 Å². The van der Waals surface area contributed by atoms with Crippen LogP contribution in [-0.4, -0.2) is 51.4 Å². The van der Waals surface area contributed by atoms with Gasteiger partial charge in [-0.2, -0.15) is 0 Å². The number of carbonyl (C=O) groups excluding carboxylic acids is 2. The highest BCUT2D eigenvalue weighted by Crippen LogP contribution is 2.30. The molecule has 3 rings (SSSR count). The van der Waals surface area contributed by atoms with E-state index in [9.17, 15) is 9.59 Å². The van der Waals surface area contributed by atoms with E-state index in [0.29, 0.717) is 49.9 Å². The molecule has 1 amide bonds. The molecule has 1 aliphatic rings. The quantitative estimate of drug-likeness (QED) is 0.533. The molecule has 2 aromatic rings. The molecule has 0 radical (unpaired) electrons. The standard InChI is InChI=1S/C24H29BrN2O5/c1-4-9-31-24(29)19-14-18(5-6-21(19)27-7-10-30-11-8-27)26-22(28)15-32-23-17(3)12-16(2)13-20(23)25/h5-6,12-14H,4,7-11,15H2,1-3H3,(H,26,28). The maximum atomic E-state index is 12.7. The van der Waals surface area contributed by atoms with Crippen LogP contribution in [0.1, 0.15) is 34.8 Å². The highest BCUT2D eigenvalue weighted by molar-refractivity contribution is 9.10. The smallest absolute Gasteiger partial charge is 0.340 e. The van der Waals surface area contributed by atoms with Crippen molar-refractivity contribution in [2.45, 2.75) is 27.2 Å². The fourth-order valence-corrected chi connectivity index (χ4v) is 4.34. The summed E-state index contributed by atoms with van der Waals surface area (Å²) in [6.45, 7) is 8.67. The molecular weight excluding hydrogens is 476 g/mol. The van der Waals surface area contributed by atoms with E-state index in [4.69, 9.17) is 14.2 Å². The number of amides is 1. The van der Waals surface area contributed by atoms with Gasteiger partial charge in [-0.15, -0.1) is 0 Å². The summed E-state index contributed by atoms with van der Waals surface area (Å²) in [4.78, 5) is 27.3. The molecule has 0 saturated carbocycles. The maximum absolute atomic E-state index is 12.7. The van der Waals surface area contributed by atoms with Gasteiger partial charge in [-0.3, -0.25) is 4.79 Å². The minimum Gasteiger partial charge on any atom is -0.482 e.